The Balaban J connectivity index is 0.000000101. The molecule has 0 saturated carbocycles. The molecule has 0 aliphatic rings. The summed E-state index contributed by atoms with van der Waals surface area (Å²) >= 11 is 0. The molecule has 5 heterocycles. The van der Waals surface area contributed by atoms with Gasteiger partial charge in [-0.05, 0) is 122 Å². The van der Waals surface area contributed by atoms with E-state index in [2.05, 4.69) is 420 Å². The molecule has 0 saturated heterocycles. The van der Waals surface area contributed by atoms with Crippen molar-refractivity contribution >= 4 is 152 Å². The first-order chi connectivity index (χ1) is 52.4. The van der Waals surface area contributed by atoms with Crippen LogP contribution in [0.5, 0.6) is 0 Å². The molecule has 0 N–H and O–H groups in total. The van der Waals surface area contributed by atoms with Crippen LogP contribution in [-0.4, -0.2) is 22.8 Å². The van der Waals surface area contributed by atoms with Gasteiger partial charge in [0.2, 0.25) is 0 Å². The molecule has 0 bridgehead atoms. The lowest BCUT2D eigenvalue weighted by molar-refractivity contribution is 1.01. The number of rotatable bonds is 3. The van der Waals surface area contributed by atoms with Crippen LogP contribution in [0.3, 0.4) is 0 Å². The fraction of sp³-hybridized carbons (Fsp3) is 0.0693. The highest BCUT2D eigenvalue weighted by atomic mass is 15.0. The van der Waals surface area contributed by atoms with Gasteiger partial charge in [-0.3, -0.25) is 0 Å². The summed E-state index contributed by atoms with van der Waals surface area (Å²) in [6, 6.07) is 134. The number of hydrogen-bond donors (Lipinski definition) is 0. The molecule has 0 aliphatic carbocycles. The van der Waals surface area contributed by atoms with Gasteiger partial charge in [-0.25, -0.2) is 0 Å². The van der Waals surface area contributed by atoms with E-state index in [0.717, 1.165) is 0 Å². The summed E-state index contributed by atoms with van der Waals surface area (Å²) in [5.41, 5.74) is 17.7. The SMILES string of the molecule is CC.CC.Cn1c2ccccc2c2c3ccccc3ccc21.Cn1c2ccccc2c2cc3ccccc3cc21.Cn1c2ccccc2c2ccc3ccccc3c21.c1ccc(-c2ccc(-n3c4ccccc4c4ccccc43)cc2)cc1.c1ccc(-n2c3ccccc3c3ccc4ccccc4c32)cc1. The second kappa shape index (κ2) is 29.6. The highest BCUT2D eigenvalue weighted by Crippen LogP contribution is 2.40. The van der Waals surface area contributed by atoms with Crippen LogP contribution in [0.2, 0.25) is 0 Å². The largest absolute Gasteiger partial charge is 0.344 e. The summed E-state index contributed by atoms with van der Waals surface area (Å²) in [6.45, 7) is 8.00. The molecule has 0 fully saturated rings. The average Bonchev–Trinajstić information content (AvgIpc) is 1.60. The fourth-order valence-electron chi connectivity index (χ4n) is 15.9. The van der Waals surface area contributed by atoms with Gasteiger partial charge in [0.1, 0.15) is 0 Å². The molecule has 5 aromatic heterocycles. The molecule has 0 spiro atoms. The highest BCUT2D eigenvalue weighted by Gasteiger charge is 2.17. The van der Waals surface area contributed by atoms with Gasteiger partial charge in [0.05, 0.1) is 27.6 Å². The second-order valence-electron chi connectivity index (χ2n) is 26.5. The van der Waals surface area contributed by atoms with E-state index in [1.807, 2.05) is 27.7 Å². The zero-order chi connectivity index (χ0) is 72.2. The van der Waals surface area contributed by atoms with Gasteiger partial charge in [-0.2, -0.15) is 0 Å². The predicted molar refractivity (Wildman–Crippen MR) is 461 cm³/mol. The van der Waals surface area contributed by atoms with E-state index in [0.29, 0.717) is 0 Å². The lowest BCUT2D eigenvalue weighted by Gasteiger charge is -2.09. The summed E-state index contributed by atoms with van der Waals surface area (Å²) in [7, 11) is 6.43. The minimum absolute atomic E-state index is 1.19. The first kappa shape index (κ1) is 67.3. The quantitative estimate of drug-likeness (QED) is 0.168. The van der Waals surface area contributed by atoms with Gasteiger partial charge in [-0.1, -0.05) is 325 Å². The Kier molecular flexibility index (Phi) is 18.8. The maximum atomic E-state index is 2.38. The van der Waals surface area contributed by atoms with Crippen molar-refractivity contribution in [3.8, 4) is 22.5 Å². The number of para-hydroxylation sites is 7. The molecule has 5 heteroatoms. The van der Waals surface area contributed by atoms with Crippen LogP contribution < -0.4 is 0 Å². The third-order valence-electron chi connectivity index (χ3n) is 20.8. The lowest BCUT2D eigenvalue weighted by atomic mass is 10.0. The van der Waals surface area contributed by atoms with E-state index >= 15 is 0 Å². The van der Waals surface area contributed by atoms with Gasteiger partial charge in [0.25, 0.3) is 0 Å². The summed E-state index contributed by atoms with van der Waals surface area (Å²) < 4.78 is 11.6. The Morgan fingerprint density at radius 3 is 1.05 bits per heavy atom. The molecule has 0 amide bonds. The number of nitrogens with zero attached hydrogens (tertiary/aromatic N) is 5. The molecule has 512 valence electrons. The second-order valence-corrected chi connectivity index (χ2v) is 26.5. The Morgan fingerprint density at radius 2 is 0.500 bits per heavy atom. The molecular weight excluding hydrogens is 1280 g/mol. The minimum atomic E-state index is 1.19. The lowest BCUT2D eigenvalue weighted by Crippen LogP contribution is -1.93. The third-order valence-corrected chi connectivity index (χ3v) is 20.8. The van der Waals surface area contributed by atoms with Crippen LogP contribution in [0.1, 0.15) is 27.7 Å². The van der Waals surface area contributed by atoms with Gasteiger partial charge in [0, 0.05) is 125 Å². The molecule has 0 radical (unpaired) electrons. The summed E-state index contributed by atoms with van der Waals surface area (Å²) in [5.74, 6) is 0. The minimum Gasteiger partial charge on any atom is -0.344 e. The zero-order valence-electron chi connectivity index (χ0n) is 61.0. The molecular formula is C101H83N5. The summed E-state index contributed by atoms with van der Waals surface area (Å²) in [5, 5.41) is 23.7. The molecule has 0 atom stereocenters. The zero-order valence-corrected chi connectivity index (χ0v) is 61.0. The van der Waals surface area contributed by atoms with Crippen LogP contribution in [0.25, 0.3) is 175 Å². The molecule has 5 nitrogen and oxygen atoms in total. The van der Waals surface area contributed by atoms with E-state index in [1.165, 1.54) is 175 Å². The Hall–Kier alpha value is -13.2. The van der Waals surface area contributed by atoms with Crippen LogP contribution >= 0.6 is 0 Å². The Bertz CT molecular complexity index is 6820. The first-order valence-corrected chi connectivity index (χ1v) is 37.1. The maximum Gasteiger partial charge on any atom is 0.0619 e. The van der Waals surface area contributed by atoms with Crippen molar-refractivity contribution < 1.29 is 0 Å². The van der Waals surface area contributed by atoms with Gasteiger partial charge < -0.3 is 22.8 Å². The molecule has 0 aliphatic heterocycles. The number of benzene rings is 17. The third kappa shape index (κ3) is 12.1. The van der Waals surface area contributed by atoms with Crippen molar-refractivity contribution in [2.45, 2.75) is 27.7 Å². The van der Waals surface area contributed by atoms with Crippen molar-refractivity contribution in [1.82, 2.24) is 22.8 Å². The maximum absolute atomic E-state index is 2.38. The van der Waals surface area contributed by atoms with E-state index in [1.54, 1.807) is 0 Å². The van der Waals surface area contributed by atoms with Crippen molar-refractivity contribution in [2.75, 3.05) is 0 Å². The van der Waals surface area contributed by atoms with Gasteiger partial charge in [0.15, 0.2) is 0 Å². The molecule has 22 rings (SSSR count). The van der Waals surface area contributed by atoms with Gasteiger partial charge >= 0.3 is 0 Å². The van der Waals surface area contributed by atoms with Crippen molar-refractivity contribution in [1.29, 1.82) is 0 Å². The molecule has 17 aromatic carbocycles. The Morgan fingerprint density at radius 1 is 0.170 bits per heavy atom. The monoisotopic (exact) mass is 1370 g/mol. The standard InChI is InChI=1S/C24H17N.C22H15N.3C17H13N.2C2H6/c1-2-8-18(9-3-1)19-14-16-20(17-15-19)25-23-12-6-4-10-21(23)22-11-5-7-13-24(22)25;1-2-9-17(10-3-1)23-21-13-7-6-12-19(21)20-15-14-16-8-4-5-11-18(16)22(20)23;1-18-16-9-5-4-8-14(16)15-10-12-6-2-3-7-13(12)11-17(15)18;1-18-16-9-5-4-8-14(16)15-11-10-12-6-2-3-7-13(12)17(15)18;1-18-15-9-5-4-8-14(15)17-13-7-3-2-6-12(13)10-11-16(17)18;2*1-2/h1-17H;1-15H;3*2-11H,1H3;2*1-2H3. The number of aryl methyl sites for hydroxylation is 3. The van der Waals surface area contributed by atoms with E-state index in [4.69, 9.17) is 0 Å². The van der Waals surface area contributed by atoms with Crippen LogP contribution in [-0.2, 0) is 21.1 Å². The topological polar surface area (TPSA) is 24.6 Å². The number of aromatic nitrogens is 5. The van der Waals surface area contributed by atoms with Crippen LogP contribution in [0, 0.1) is 0 Å². The van der Waals surface area contributed by atoms with E-state index in [-0.39, 0.29) is 0 Å². The number of fused-ring (bicyclic) bond motifs is 22. The van der Waals surface area contributed by atoms with Gasteiger partial charge in [-0.15, -0.1) is 0 Å². The van der Waals surface area contributed by atoms with Crippen LogP contribution in [0.4, 0.5) is 0 Å². The predicted octanol–water partition coefficient (Wildman–Crippen LogP) is 27.9. The highest BCUT2D eigenvalue weighted by molar-refractivity contribution is 6.22. The van der Waals surface area contributed by atoms with E-state index < -0.39 is 0 Å². The summed E-state index contributed by atoms with van der Waals surface area (Å²) in [4.78, 5) is 0. The van der Waals surface area contributed by atoms with Crippen molar-refractivity contribution in [3.05, 3.63) is 376 Å². The summed E-state index contributed by atoms with van der Waals surface area (Å²) in [6.07, 6.45) is 0. The normalized spacial score (nSPS) is 11.2. The van der Waals surface area contributed by atoms with Crippen LogP contribution in [0.15, 0.2) is 376 Å². The smallest absolute Gasteiger partial charge is 0.0619 e. The molecule has 22 aromatic rings. The average molecular weight is 1370 g/mol. The fourth-order valence-corrected chi connectivity index (χ4v) is 15.9. The Labute approximate surface area is 618 Å². The first-order valence-electron chi connectivity index (χ1n) is 37.1. The number of hydrogen-bond acceptors (Lipinski definition) is 0. The molecule has 0 unspecified atom stereocenters. The molecule has 106 heavy (non-hydrogen) atoms. The van der Waals surface area contributed by atoms with E-state index in [9.17, 15) is 0 Å². The van der Waals surface area contributed by atoms with Crippen molar-refractivity contribution in [2.24, 2.45) is 21.1 Å². The van der Waals surface area contributed by atoms with Crippen molar-refractivity contribution in [3.63, 3.8) is 0 Å².